The maximum Gasteiger partial charge on any atom is 0.249 e. The number of amides is 3. The molecule has 0 aromatic heterocycles. The molecule has 1 aromatic carbocycles. The second-order valence-corrected chi connectivity index (χ2v) is 12.8. The van der Waals surface area contributed by atoms with Crippen molar-refractivity contribution in [2.75, 3.05) is 31.2 Å². The summed E-state index contributed by atoms with van der Waals surface area (Å²) < 4.78 is 12.4. The van der Waals surface area contributed by atoms with E-state index in [1.165, 1.54) is 4.90 Å². The summed E-state index contributed by atoms with van der Waals surface area (Å²) in [4.78, 5) is 48.5. The standard InChI is InChI=1S/C33H47N3O6/c1-9-19-34(23-13-15-24(16-14-23)41-12-4)28(38)25-26-29(39)36(22(11-3)21-37)27(33(26)18-17-32(25,8)42-33)30(40)35(20-10-2)31(5,6)7/h9-10,13-16,22,25-27,37H,1-2,11-12,17-21H2,3-8H3/t22-,25-,26-,27?,32+,33?/m0/s1. The highest BCUT2D eigenvalue weighted by Crippen LogP contribution is 2.64. The molecule has 1 N–H and O–H groups in total. The van der Waals surface area contributed by atoms with Crippen molar-refractivity contribution in [1.29, 1.82) is 0 Å². The molecule has 0 radical (unpaired) electrons. The lowest BCUT2D eigenvalue weighted by atomic mass is 9.66. The number of anilines is 1. The third-order valence-electron chi connectivity index (χ3n) is 9.21. The van der Waals surface area contributed by atoms with E-state index in [0.717, 1.165) is 0 Å². The average Bonchev–Trinajstić information content (AvgIpc) is 3.51. The van der Waals surface area contributed by atoms with Gasteiger partial charge < -0.3 is 29.3 Å². The zero-order valence-electron chi connectivity index (χ0n) is 26.0. The van der Waals surface area contributed by atoms with Crippen LogP contribution in [0.5, 0.6) is 5.75 Å². The first kappa shape index (κ1) is 31.8. The summed E-state index contributed by atoms with van der Waals surface area (Å²) in [5.41, 5.74) is -2.02. The van der Waals surface area contributed by atoms with Crippen molar-refractivity contribution in [3.63, 3.8) is 0 Å². The fourth-order valence-corrected chi connectivity index (χ4v) is 7.31. The molecule has 6 atom stereocenters. The van der Waals surface area contributed by atoms with Crippen LogP contribution >= 0.6 is 0 Å². The van der Waals surface area contributed by atoms with E-state index >= 15 is 0 Å². The number of aliphatic hydroxyl groups is 1. The molecule has 3 saturated heterocycles. The Kier molecular flexibility index (Phi) is 8.95. The van der Waals surface area contributed by atoms with E-state index in [0.29, 0.717) is 43.9 Å². The molecule has 0 aliphatic carbocycles. The van der Waals surface area contributed by atoms with E-state index in [2.05, 4.69) is 13.2 Å². The predicted octanol–water partition coefficient (Wildman–Crippen LogP) is 3.95. The van der Waals surface area contributed by atoms with Crippen molar-refractivity contribution in [2.45, 2.75) is 89.6 Å². The minimum Gasteiger partial charge on any atom is -0.494 e. The molecule has 3 amide bonds. The first-order valence-electron chi connectivity index (χ1n) is 15.1. The van der Waals surface area contributed by atoms with Crippen molar-refractivity contribution in [3.05, 3.63) is 49.6 Å². The van der Waals surface area contributed by atoms with Crippen LogP contribution in [-0.2, 0) is 19.1 Å². The lowest BCUT2D eigenvalue weighted by molar-refractivity contribution is -0.157. The minimum atomic E-state index is -1.19. The number of ether oxygens (including phenoxy) is 2. The molecule has 3 heterocycles. The van der Waals surface area contributed by atoms with Crippen LogP contribution in [0.25, 0.3) is 0 Å². The van der Waals surface area contributed by atoms with Crippen molar-refractivity contribution in [3.8, 4) is 5.75 Å². The van der Waals surface area contributed by atoms with E-state index in [9.17, 15) is 19.5 Å². The molecular formula is C33H47N3O6. The van der Waals surface area contributed by atoms with Crippen molar-refractivity contribution < 1.29 is 29.0 Å². The predicted molar refractivity (Wildman–Crippen MR) is 162 cm³/mol. The molecule has 0 saturated carbocycles. The lowest BCUT2D eigenvalue weighted by Gasteiger charge is -2.43. The zero-order chi connectivity index (χ0) is 31.0. The number of benzene rings is 1. The van der Waals surface area contributed by atoms with Gasteiger partial charge in [-0.1, -0.05) is 19.1 Å². The zero-order valence-corrected chi connectivity index (χ0v) is 26.0. The van der Waals surface area contributed by atoms with E-state index in [1.54, 1.807) is 22.0 Å². The van der Waals surface area contributed by atoms with Gasteiger partial charge in [0.1, 0.15) is 17.4 Å². The first-order valence-corrected chi connectivity index (χ1v) is 15.1. The summed E-state index contributed by atoms with van der Waals surface area (Å²) in [6, 6.07) is 5.72. The third kappa shape index (κ3) is 5.04. The van der Waals surface area contributed by atoms with Gasteiger partial charge in [-0.25, -0.2) is 0 Å². The van der Waals surface area contributed by atoms with Gasteiger partial charge in [0.05, 0.1) is 36.7 Å². The van der Waals surface area contributed by atoms with Gasteiger partial charge in [0.2, 0.25) is 17.7 Å². The van der Waals surface area contributed by atoms with Gasteiger partial charge in [0, 0.05) is 24.3 Å². The Balaban J connectivity index is 1.82. The molecule has 42 heavy (non-hydrogen) atoms. The molecule has 1 spiro atoms. The van der Waals surface area contributed by atoms with Gasteiger partial charge in [0.15, 0.2) is 0 Å². The van der Waals surface area contributed by atoms with Crippen LogP contribution in [0.4, 0.5) is 5.69 Å². The lowest BCUT2D eigenvalue weighted by Crippen LogP contribution is -2.61. The van der Waals surface area contributed by atoms with E-state index in [4.69, 9.17) is 9.47 Å². The Bertz CT molecular complexity index is 1210. The number of hydrogen-bond acceptors (Lipinski definition) is 6. The number of hydrogen-bond donors (Lipinski definition) is 1. The quantitative estimate of drug-likeness (QED) is 0.376. The monoisotopic (exact) mass is 581 g/mol. The smallest absolute Gasteiger partial charge is 0.249 e. The van der Waals surface area contributed by atoms with Gasteiger partial charge in [-0.2, -0.15) is 0 Å². The van der Waals surface area contributed by atoms with Gasteiger partial charge in [-0.15, -0.1) is 13.2 Å². The summed E-state index contributed by atoms with van der Waals surface area (Å²) in [6.45, 7) is 20.0. The average molecular weight is 582 g/mol. The van der Waals surface area contributed by atoms with Gasteiger partial charge >= 0.3 is 0 Å². The number of fused-ring (bicyclic) bond motifs is 1. The van der Waals surface area contributed by atoms with Gasteiger partial charge in [-0.05, 0) is 78.1 Å². The summed E-state index contributed by atoms with van der Waals surface area (Å²) in [6.07, 6.45) is 4.78. The van der Waals surface area contributed by atoms with Crippen LogP contribution < -0.4 is 9.64 Å². The second kappa shape index (κ2) is 11.8. The maximum atomic E-state index is 14.6. The Morgan fingerprint density at radius 2 is 1.79 bits per heavy atom. The fourth-order valence-electron chi connectivity index (χ4n) is 7.31. The van der Waals surface area contributed by atoms with Crippen molar-refractivity contribution in [1.82, 2.24) is 9.80 Å². The summed E-state index contributed by atoms with van der Waals surface area (Å²) in [5, 5.41) is 10.4. The van der Waals surface area contributed by atoms with Crippen LogP contribution in [0.15, 0.2) is 49.6 Å². The Morgan fingerprint density at radius 3 is 2.31 bits per heavy atom. The number of carbonyl (C=O) groups excluding carboxylic acids is 3. The maximum absolute atomic E-state index is 14.6. The first-order chi connectivity index (χ1) is 19.8. The van der Waals surface area contributed by atoms with Crippen molar-refractivity contribution in [2.24, 2.45) is 11.8 Å². The number of likely N-dealkylation sites (tertiary alicyclic amines) is 1. The van der Waals surface area contributed by atoms with Crippen LogP contribution in [-0.4, -0.2) is 87.8 Å². The van der Waals surface area contributed by atoms with Crippen LogP contribution in [0, 0.1) is 11.8 Å². The molecule has 3 aliphatic rings. The summed E-state index contributed by atoms with van der Waals surface area (Å²) in [7, 11) is 0. The number of rotatable bonds is 12. The van der Waals surface area contributed by atoms with E-state index < -0.39 is 40.7 Å². The number of aliphatic hydroxyl groups excluding tert-OH is 1. The number of carbonyl (C=O) groups is 3. The third-order valence-corrected chi connectivity index (χ3v) is 9.21. The SMILES string of the molecule is C=CCN(C(=O)[C@@H]1[C@H]2C(=O)N([C@@H](CC)CO)C(C(=O)N(CC=C)C(C)(C)C)C23CC[C@@]1(C)O3)c1ccc(OCC)cc1. The molecular weight excluding hydrogens is 534 g/mol. The van der Waals surface area contributed by atoms with Crippen LogP contribution in [0.3, 0.4) is 0 Å². The molecule has 1 aromatic rings. The molecule has 2 unspecified atom stereocenters. The molecule has 2 bridgehead atoms. The topological polar surface area (TPSA) is 99.6 Å². The molecule has 3 fully saturated rings. The van der Waals surface area contributed by atoms with E-state index in [1.807, 2.05) is 65.8 Å². The van der Waals surface area contributed by atoms with Crippen LogP contribution in [0.1, 0.15) is 60.8 Å². The van der Waals surface area contributed by atoms with Crippen molar-refractivity contribution >= 4 is 23.4 Å². The van der Waals surface area contributed by atoms with E-state index in [-0.39, 0.29) is 30.9 Å². The van der Waals surface area contributed by atoms with Crippen LogP contribution in [0.2, 0.25) is 0 Å². The molecule has 230 valence electrons. The van der Waals surface area contributed by atoms with Gasteiger partial charge in [-0.3, -0.25) is 14.4 Å². The normalized spacial score (nSPS) is 28.8. The summed E-state index contributed by atoms with van der Waals surface area (Å²) >= 11 is 0. The summed E-state index contributed by atoms with van der Waals surface area (Å²) in [5.74, 6) is -1.79. The highest BCUT2D eigenvalue weighted by molar-refractivity contribution is 6.03. The molecule has 9 nitrogen and oxygen atoms in total. The Hall–Kier alpha value is -3.17. The Labute approximate surface area is 250 Å². The Morgan fingerprint density at radius 1 is 1.14 bits per heavy atom. The highest BCUT2D eigenvalue weighted by Gasteiger charge is 2.79. The highest BCUT2D eigenvalue weighted by atomic mass is 16.5. The molecule has 3 aliphatic heterocycles. The van der Waals surface area contributed by atoms with Gasteiger partial charge in [0.25, 0.3) is 0 Å². The second-order valence-electron chi connectivity index (χ2n) is 12.8. The minimum absolute atomic E-state index is 0.241. The fraction of sp³-hybridized carbons (Fsp3) is 0.606. The molecule has 9 heteroatoms. The molecule has 4 rings (SSSR count). The largest absolute Gasteiger partial charge is 0.494 e. The number of nitrogens with zero attached hydrogens (tertiary/aromatic N) is 3.